The highest BCUT2D eigenvalue weighted by Gasteiger charge is 2.64. The Morgan fingerprint density at radius 2 is 1.63 bits per heavy atom. The normalized spacial score (nSPS) is 22.2. The van der Waals surface area contributed by atoms with Crippen molar-refractivity contribution in [2.75, 3.05) is 0 Å². The van der Waals surface area contributed by atoms with E-state index in [0.29, 0.717) is 28.7 Å². The summed E-state index contributed by atoms with van der Waals surface area (Å²) in [4.78, 5) is 0. The number of aromatic hydroxyl groups is 1. The van der Waals surface area contributed by atoms with E-state index in [4.69, 9.17) is 0 Å². The molecular formula is C17H27NO. The molecule has 2 N–H and O–H groups in total. The average Bonchev–Trinajstić information content (AvgIpc) is 2.71. The third-order valence-corrected chi connectivity index (χ3v) is 5.27. The zero-order chi connectivity index (χ0) is 14.3. The summed E-state index contributed by atoms with van der Waals surface area (Å²) < 4.78 is 0. The molecule has 2 rings (SSSR count). The molecule has 2 heteroatoms. The SMILES string of the molecule is CC(CCc1ccc(O)cc1)NC1C(C)(C)C1(C)C. The predicted octanol–water partition coefficient (Wildman–Crippen LogP) is 3.74. The Labute approximate surface area is 117 Å². The molecule has 1 aliphatic rings. The van der Waals surface area contributed by atoms with Crippen LogP contribution in [0.3, 0.4) is 0 Å². The van der Waals surface area contributed by atoms with Gasteiger partial charge in [-0.05, 0) is 48.3 Å². The van der Waals surface area contributed by atoms with Crippen LogP contribution in [0.5, 0.6) is 5.75 Å². The van der Waals surface area contributed by atoms with E-state index in [1.807, 2.05) is 12.1 Å². The van der Waals surface area contributed by atoms with Gasteiger partial charge in [-0.1, -0.05) is 39.8 Å². The van der Waals surface area contributed by atoms with Crippen LogP contribution in [0.1, 0.15) is 46.6 Å². The highest BCUT2D eigenvalue weighted by atomic mass is 16.3. The van der Waals surface area contributed by atoms with Crippen LogP contribution in [-0.2, 0) is 6.42 Å². The smallest absolute Gasteiger partial charge is 0.115 e. The summed E-state index contributed by atoms with van der Waals surface area (Å²) in [6.07, 6.45) is 2.19. The minimum atomic E-state index is 0.344. The van der Waals surface area contributed by atoms with E-state index in [2.05, 4.69) is 39.9 Å². The van der Waals surface area contributed by atoms with Crippen molar-refractivity contribution in [3.8, 4) is 5.75 Å². The quantitative estimate of drug-likeness (QED) is 0.846. The number of nitrogens with one attached hydrogen (secondary N) is 1. The number of rotatable bonds is 5. The molecule has 0 aromatic heterocycles. The van der Waals surface area contributed by atoms with Crippen molar-refractivity contribution in [2.24, 2.45) is 10.8 Å². The van der Waals surface area contributed by atoms with Crippen molar-refractivity contribution in [1.29, 1.82) is 0 Å². The number of phenols is 1. The van der Waals surface area contributed by atoms with Crippen molar-refractivity contribution >= 4 is 0 Å². The first-order valence-corrected chi connectivity index (χ1v) is 7.29. The van der Waals surface area contributed by atoms with Crippen molar-refractivity contribution in [3.05, 3.63) is 29.8 Å². The highest BCUT2D eigenvalue weighted by Crippen LogP contribution is 2.62. The Balaban J connectivity index is 1.80. The molecule has 1 aliphatic carbocycles. The summed E-state index contributed by atoms with van der Waals surface area (Å²) in [6.45, 7) is 11.6. The molecule has 1 aromatic rings. The summed E-state index contributed by atoms with van der Waals surface area (Å²) in [6, 6.07) is 8.69. The largest absolute Gasteiger partial charge is 0.508 e. The van der Waals surface area contributed by atoms with E-state index in [0.717, 1.165) is 12.8 Å². The predicted molar refractivity (Wildman–Crippen MR) is 80.4 cm³/mol. The van der Waals surface area contributed by atoms with E-state index < -0.39 is 0 Å². The number of phenolic OH excluding ortho intramolecular Hbond substituents is 1. The van der Waals surface area contributed by atoms with Crippen LogP contribution in [0.4, 0.5) is 0 Å². The number of hydrogen-bond donors (Lipinski definition) is 2. The summed E-state index contributed by atoms with van der Waals surface area (Å²) in [5.74, 6) is 0.344. The molecular weight excluding hydrogens is 234 g/mol. The van der Waals surface area contributed by atoms with Crippen molar-refractivity contribution in [2.45, 2.75) is 59.5 Å². The van der Waals surface area contributed by atoms with Crippen LogP contribution < -0.4 is 5.32 Å². The fraction of sp³-hybridized carbons (Fsp3) is 0.647. The van der Waals surface area contributed by atoms with Crippen molar-refractivity contribution < 1.29 is 5.11 Å². The van der Waals surface area contributed by atoms with E-state index in [1.165, 1.54) is 5.56 Å². The zero-order valence-corrected chi connectivity index (χ0v) is 12.8. The summed E-state index contributed by atoms with van der Waals surface area (Å²) >= 11 is 0. The first-order chi connectivity index (χ1) is 8.75. The minimum absolute atomic E-state index is 0.344. The molecule has 0 saturated heterocycles. The van der Waals surface area contributed by atoms with Crippen LogP contribution in [0.25, 0.3) is 0 Å². The average molecular weight is 261 g/mol. The maximum absolute atomic E-state index is 9.26. The van der Waals surface area contributed by atoms with Gasteiger partial charge in [-0.2, -0.15) is 0 Å². The Morgan fingerprint density at radius 3 is 2.11 bits per heavy atom. The third kappa shape index (κ3) is 2.79. The third-order valence-electron chi connectivity index (χ3n) is 5.27. The molecule has 0 radical (unpaired) electrons. The molecule has 0 aliphatic heterocycles. The number of hydrogen-bond acceptors (Lipinski definition) is 2. The van der Waals surface area contributed by atoms with Gasteiger partial charge in [-0.25, -0.2) is 0 Å². The topological polar surface area (TPSA) is 32.3 Å². The fourth-order valence-electron chi connectivity index (χ4n) is 3.03. The van der Waals surface area contributed by atoms with Crippen LogP contribution in [0.2, 0.25) is 0 Å². The number of benzene rings is 1. The van der Waals surface area contributed by atoms with E-state index >= 15 is 0 Å². The van der Waals surface area contributed by atoms with Gasteiger partial charge in [0.05, 0.1) is 0 Å². The second kappa shape index (κ2) is 4.82. The van der Waals surface area contributed by atoms with Crippen molar-refractivity contribution in [1.82, 2.24) is 5.32 Å². The summed E-state index contributed by atoms with van der Waals surface area (Å²) in [7, 11) is 0. The highest BCUT2D eigenvalue weighted by molar-refractivity contribution is 5.26. The number of aryl methyl sites for hydroxylation is 1. The lowest BCUT2D eigenvalue weighted by Crippen LogP contribution is -2.32. The minimum Gasteiger partial charge on any atom is -0.508 e. The molecule has 0 amide bonds. The lowest BCUT2D eigenvalue weighted by atomic mass is 10.0. The van der Waals surface area contributed by atoms with Crippen LogP contribution in [0.15, 0.2) is 24.3 Å². The van der Waals surface area contributed by atoms with Crippen molar-refractivity contribution in [3.63, 3.8) is 0 Å². The molecule has 1 fully saturated rings. The fourth-order valence-corrected chi connectivity index (χ4v) is 3.03. The monoisotopic (exact) mass is 261 g/mol. The molecule has 1 atom stereocenters. The van der Waals surface area contributed by atoms with Gasteiger partial charge in [-0.15, -0.1) is 0 Å². The second-order valence-electron chi connectivity index (χ2n) is 7.15. The van der Waals surface area contributed by atoms with E-state index in [9.17, 15) is 5.11 Å². The van der Waals surface area contributed by atoms with Gasteiger partial charge in [0.2, 0.25) is 0 Å². The summed E-state index contributed by atoms with van der Waals surface area (Å²) in [5, 5.41) is 13.0. The molecule has 106 valence electrons. The molecule has 19 heavy (non-hydrogen) atoms. The molecule has 1 saturated carbocycles. The Morgan fingerprint density at radius 1 is 1.11 bits per heavy atom. The van der Waals surface area contributed by atoms with Gasteiger partial charge < -0.3 is 10.4 Å². The van der Waals surface area contributed by atoms with E-state index in [1.54, 1.807) is 12.1 Å². The van der Waals surface area contributed by atoms with Gasteiger partial charge in [0, 0.05) is 12.1 Å². The van der Waals surface area contributed by atoms with Crippen LogP contribution in [0, 0.1) is 10.8 Å². The Kier molecular flexibility index (Phi) is 3.65. The molecule has 1 unspecified atom stereocenters. The standard InChI is InChI=1S/C17H27NO/c1-12(18-15-16(2,3)17(15,4)5)6-7-13-8-10-14(19)11-9-13/h8-12,15,18-19H,6-7H2,1-5H3. The Hall–Kier alpha value is -1.02. The van der Waals surface area contributed by atoms with Gasteiger partial charge in [0.1, 0.15) is 5.75 Å². The molecule has 0 spiro atoms. The lowest BCUT2D eigenvalue weighted by molar-refractivity contribution is 0.457. The van der Waals surface area contributed by atoms with Gasteiger partial charge in [0.15, 0.2) is 0 Å². The van der Waals surface area contributed by atoms with Crippen LogP contribution in [-0.4, -0.2) is 17.2 Å². The molecule has 0 heterocycles. The van der Waals surface area contributed by atoms with Crippen LogP contribution >= 0.6 is 0 Å². The molecule has 1 aromatic carbocycles. The first-order valence-electron chi connectivity index (χ1n) is 7.29. The maximum Gasteiger partial charge on any atom is 0.115 e. The van der Waals surface area contributed by atoms with Gasteiger partial charge >= 0.3 is 0 Å². The lowest BCUT2D eigenvalue weighted by Gasteiger charge is -2.15. The summed E-state index contributed by atoms with van der Waals surface area (Å²) in [5.41, 5.74) is 2.10. The zero-order valence-electron chi connectivity index (χ0n) is 12.8. The van der Waals surface area contributed by atoms with E-state index in [-0.39, 0.29) is 0 Å². The van der Waals surface area contributed by atoms with Gasteiger partial charge in [0.25, 0.3) is 0 Å². The first kappa shape index (κ1) is 14.4. The molecule has 0 bridgehead atoms. The Bertz CT molecular complexity index is 419. The van der Waals surface area contributed by atoms with Gasteiger partial charge in [-0.3, -0.25) is 0 Å². The second-order valence-corrected chi connectivity index (χ2v) is 7.15. The molecule has 2 nitrogen and oxygen atoms in total. The maximum atomic E-state index is 9.26.